The molecule has 0 unspecified atom stereocenters. The zero-order chi connectivity index (χ0) is 8.10. The molecule has 0 saturated carbocycles. The predicted molar refractivity (Wildman–Crippen MR) is 44.6 cm³/mol. The molecule has 0 spiro atoms. The second-order valence-corrected chi connectivity index (χ2v) is 2.27. The predicted octanol–water partition coefficient (Wildman–Crippen LogP) is 1.88. The van der Waals surface area contributed by atoms with Gasteiger partial charge in [-0.05, 0) is 19.1 Å². The highest BCUT2D eigenvalue weighted by Gasteiger charge is 1.94. The second-order valence-electron chi connectivity index (χ2n) is 2.27. The van der Waals surface area contributed by atoms with Crippen molar-refractivity contribution in [3.63, 3.8) is 0 Å². The zero-order valence-corrected chi connectivity index (χ0v) is 6.53. The first-order valence-corrected chi connectivity index (χ1v) is 3.60. The Morgan fingerprint density at radius 1 is 1.64 bits per heavy atom. The first kappa shape index (κ1) is 7.79. The van der Waals surface area contributed by atoms with Crippen LogP contribution in [-0.2, 0) is 6.54 Å². The fourth-order valence-corrected chi connectivity index (χ4v) is 0.920. The fraction of sp³-hybridized carbons (Fsp3) is 0.222. The second kappa shape index (κ2) is 3.76. The van der Waals surface area contributed by atoms with Crippen LogP contribution in [0, 0.1) is 0 Å². The molecule has 58 valence electrons. The molecule has 1 aromatic rings. The lowest BCUT2D eigenvalue weighted by molar-refractivity contribution is 0.111. The van der Waals surface area contributed by atoms with E-state index in [4.69, 9.17) is 0 Å². The third-order valence-corrected chi connectivity index (χ3v) is 1.52. The summed E-state index contributed by atoms with van der Waals surface area (Å²) < 4.78 is 1.90. The molecule has 0 aliphatic carbocycles. The molecule has 0 bridgehead atoms. The summed E-state index contributed by atoms with van der Waals surface area (Å²) in [5.74, 6) is 0. The monoisotopic (exact) mass is 149 g/mol. The minimum atomic E-state index is 0.725. The lowest BCUT2D eigenvalue weighted by Gasteiger charge is -1.98. The molecule has 2 heteroatoms. The van der Waals surface area contributed by atoms with Gasteiger partial charge in [0.2, 0.25) is 0 Å². The number of rotatable bonds is 3. The van der Waals surface area contributed by atoms with E-state index in [-0.39, 0.29) is 0 Å². The quantitative estimate of drug-likeness (QED) is 0.475. The van der Waals surface area contributed by atoms with Crippen molar-refractivity contribution in [3.05, 3.63) is 36.2 Å². The molecule has 0 N–H and O–H groups in total. The SMILES string of the molecule is CC=CCn1cccc1C=O. The van der Waals surface area contributed by atoms with E-state index in [2.05, 4.69) is 0 Å². The summed E-state index contributed by atoms with van der Waals surface area (Å²) >= 11 is 0. The molecule has 1 aromatic heterocycles. The molecular weight excluding hydrogens is 138 g/mol. The average Bonchev–Trinajstić information content (AvgIpc) is 2.47. The topological polar surface area (TPSA) is 22.0 Å². The summed E-state index contributed by atoms with van der Waals surface area (Å²) in [5, 5.41) is 0. The van der Waals surface area contributed by atoms with Crippen molar-refractivity contribution in [1.82, 2.24) is 4.57 Å². The Morgan fingerprint density at radius 3 is 3.09 bits per heavy atom. The summed E-state index contributed by atoms with van der Waals surface area (Å²) in [4.78, 5) is 10.4. The van der Waals surface area contributed by atoms with Crippen LogP contribution in [0.25, 0.3) is 0 Å². The van der Waals surface area contributed by atoms with Gasteiger partial charge in [-0.1, -0.05) is 12.2 Å². The number of nitrogens with zero attached hydrogens (tertiary/aromatic N) is 1. The molecule has 0 radical (unpaired) electrons. The van der Waals surface area contributed by atoms with Gasteiger partial charge in [0.25, 0.3) is 0 Å². The highest BCUT2D eigenvalue weighted by Crippen LogP contribution is 1.98. The number of carbonyl (C=O) groups excluding carboxylic acids is 1. The van der Waals surface area contributed by atoms with Crippen molar-refractivity contribution >= 4 is 6.29 Å². The number of aromatic nitrogens is 1. The van der Waals surface area contributed by atoms with Crippen LogP contribution in [0.4, 0.5) is 0 Å². The molecule has 1 heterocycles. The normalized spacial score (nSPS) is 10.6. The fourth-order valence-electron chi connectivity index (χ4n) is 0.920. The maximum Gasteiger partial charge on any atom is 0.166 e. The van der Waals surface area contributed by atoms with Gasteiger partial charge in [-0.25, -0.2) is 0 Å². The highest BCUT2D eigenvalue weighted by atomic mass is 16.1. The largest absolute Gasteiger partial charge is 0.342 e. The van der Waals surface area contributed by atoms with Gasteiger partial charge in [-0.2, -0.15) is 0 Å². The van der Waals surface area contributed by atoms with Gasteiger partial charge in [-0.15, -0.1) is 0 Å². The van der Waals surface area contributed by atoms with Crippen LogP contribution >= 0.6 is 0 Å². The number of aldehydes is 1. The number of carbonyl (C=O) groups is 1. The van der Waals surface area contributed by atoms with Gasteiger partial charge in [-0.3, -0.25) is 4.79 Å². The molecule has 0 aromatic carbocycles. The Morgan fingerprint density at radius 2 is 2.45 bits per heavy atom. The van der Waals surface area contributed by atoms with Gasteiger partial charge >= 0.3 is 0 Å². The van der Waals surface area contributed by atoms with Gasteiger partial charge in [0, 0.05) is 12.7 Å². The molecule has 0 saturated heterocycles. The van der Waals surface area contributed by atoms with Crippen LogP contribution in [0.15, 0.2) is 30.5 Å². The molecule has 0 fully saturated rings. The Labute approximate surface area is 66.1 Å². The van der Waals surface area contributed by atoms with E-state index in [1.807, 2.05) is 35.9 Å². The minimum absolute atomic E-state index is 0.725. The Hall–Kier alpha value is -1.31. The first-order valence-electron chi connectivity index (χ1n) is 3.60. The van der Waals surface area contributed by atoms with Crippen molar-refractivity contribution in [2.45, 2.75) is 13.5 Å². The van der Waals surface area contributed by atoms with E-state index in [9.17, 15) is 4.79 Å². The van der Waals surface area contributed by atoms with Crippen LogP contribution in [0.1, 0.15) is 17.4 Å². The zero-order valence-electron chi connectivity index (χ0n) is 6.53. The lowest BCUT2D eigenvalue weighted by Crippen LogP contribution is -1.97. The van der Waals surface area contributed by atoms with E-state index in [1.54, 1.807) is 6.07 Å². The molecule has 2 nitrogen and oxygen atoms in total. The van der Waals surface area contributed by atoms with E-state index in [0.717, 1.165) is 18.5 Å². The Bertz CT molecular complexity index is 260. The Kier molecular flexibility index (Phi) is 2.66. The Balaban J connectivity index is 2.76. The van der Waals surface area contributed by atoms with E-state index >= 15 is 0 Å². The maximum atomic E-state index is 10.4. The van der Waals surface area contributed by atoms with Crippen LogP contribution in [0.3, 0.4) is 0 Å². The van der Waals surface area contributed by atoms with Crippen LogP contribution in [0.5, 0.6) is 0 Å². The van der Waals surface area contributed by atoms with E-state index in [0.29, 0.717) is 0 Å². The summed E-state index contributed by atoms with van der Waals surface area (Å²) in [5.41, 5.74) is 0.725. The number of allylic oxidation sites excluding steroid dienone is 2. The average molecular weight is 149 g/mol. The van der Waals surface area contributed by atoms with Gasteiger partial charge < -0.3 is 4.57 Å². The molecule has 0 aliphatic rings. The third-order valence-electron chi connectivity index (χ3n) is 1.52. The number of hydrogen-bond donors (Lipinski definition) is 0. The van der Waals surface area contributed by atoms with E-state index in [1.165, 1.54) is 0 Å². The van der Waals surface area contributed by atoms with Crippen molar-refractivity contribution < 1.29 is 4.79 Å². The molecule has 0 aliphatic heterocycles. The van der Waals surface area contributed by atoms with Crippen LogP contribution in [-0.4, -0.2) is 10.9 Å². The van der Waals surface area contributed by atoms with Gasteiger partial charge in [0.1, 0.15) is 0 Å². The van der Waals surface area contributed by atoms with Crippen LogP contribution in [0.2, 0.25) is 0 Å². The van der Waals surface area contributed by atoms with Crippen molar-refractivity contribution in [2.75, 3.05) is 0 Å². The minimum Gasteiger partial charge on any atom is -0.342 e. The smallest absolute Gasteiger partial charge is 0.166 e. The summed E-state index contributed by atoms with van der Waals surface area (Å²) in [6.45, 7) is 2.74. The van der Waals surface area contributed by atoms with Crippen molar-refractivity contribution in [1.29, 1.82) is 0 Å². The molecular formula is C9H11NO. The number of hydrogen-bond acceptors (Lipinski definition) is 1. The lowest BCUT2D eigenvalue weighted by atomic mass is 10.4. The summed E-state index contributed by atoms with van der Waals surface area (Å²) in [6, 6.07) is 3.67. The first-order chi connectivity index (χ1) is 5.38. The maximum absolute atomic E-state index is 10.4. The summed E-state index contributed by atoms with van der Waals surface area (Å²) in [7, 11) is 0. The highest BCUT2D eigenvalue weighted by molar-refractivity contribution is 5.72. The molecule has 0 amide bonds. The standard InChI is InChI=1S/C9H11NO/c1-2-3-6-10-7-4-5-9(10)8-11/h2-5,7-8H,6H2,1H3. The third kappa shape index (κ3) is 1.80. The van der Waals surface area contributed by atoms with Gasteiger partial charge in [0.15, 0.2) is 6.29 Å². The molecule has 11 heavy (non-hydrogen) atoms. The van der Waals surface area contributed by atoms with Crippen LogP contribution < -0.4 is 0 Å². The molecule has 1 rings (SSSR count). The van der Waals surface area contributed by atoms with Gasteiger partial charge in [0.05, 0.1) is 5.69 Å². The van der Waals surface area contributed by atoms with Crippen molar-refractivity contribution in [2.24, 2.45) is 0 Å². The summed E-state index contributed by atoms with van der Waals surface area (Å²) in [6.07, 6.45) is 6.73. The molecule has 0 atom stereocenters. The van der Waals surface area contributed by atoms with Crippen molar-refractivity contribution in [3.8, 4) is 0 Å². The van der Waals surface area contributed by atoms with E-state index < -0.39 is 0 Å².